The fourth-order valence-electron chi connectivity index (χ4n) is 6.03. The topological polar surface area (TPSA) is 76.4 Å². The minimum absolute atomic E-state index is 0.0501. The summed E-state index contributed by atoms with van der Waals surface area (Å²) in [4.78, 5) is 14.3. The van der Waals surface area contributed by atoms with Crippen molar-refractivity contribution < 1.29 is 9.90 Å². The van der Waals surface area contributed by atoms with Crippen LogP contribution in [0.3, 0.4) is 0 Å². The number of carbonyl (C=O) groups is 1. The van der Waals surface area contributed by atoms with Crippen LogP contribution in [-0.2, 0) is 4.79 Å². The molecule has 4 aliphatic carbocycles. The van der Waals surface area contributed by atoms with Gasteiger partial charge in [-0.3, -0.25) is 4.79 Å². The quantitative estimate of drug-likeness (QED) is 0.828. The first-order chi connectivity index (χ1) is 11.0. The number of hydrogen-bond acceptors (Lipinski definition) is 4. The van der Waals surface area contributed by atoms with Gasteiger partial charge in [0.25, 0.3) is 0 Å². The lowest BCUT2D eigenvalue weighted by Crippen LogP contribution is -2.58. The number of nitrogens with one attached hydrogen (secondary N) is 1. The summed E-state index contributed by atoms with van der Waals surface area (Å²) in [5.74, 6) is 1.33. The molecule has 0 radical (unpaired) electrons. The summed E-state index contributed by atoms with van der Waals surface area (Å²) in [7, 11) is 0. The van der Waals surface area contributed by atoms with Gasteiger partial charge in [0.05, 0.1) is 18.2 Å². The standard InChI is InChI=1S/C18H27N3O2/c19-10-15-2-1-5-21(15)16(22)11-20-17-4-3-13-6-14(7-17)9-18(23,8-13)12-17/h13-15,20,23H,1-9,11-12H2/t13?,14?,15-,17?,18?/m0/s1. The number of hydrogen-bond donors (Lipinski definition) is 2. The third-order valence-electron chi connectivity index (χ3n) is 6.72. The van der Waals surface area contributed by atoms with E-state index >= 15 is 0 Å². The molecule has 1 saturated heterocycles. The van der Waals surface area contributed by atoms with Gasteiger partial charge in [-0.1, -0.05) is 0 Å². The Labute approximate surface area is 138 Å². The number of carbonyl (C=O) groups excluding carboxylic acids is 1. The third-order valence-corrected chi connectivity index (χ3v) is 6.72. The first kappa shape index (κ1) is 15.4. The summed E-state index contributed by atoms with van der Waals surface area (Å²) in [5.41, 5.74) is -0.582. The second-order valence-electron chi connectivity index (χ2n) is 8.53. The maximum atomic E-state index is 12.5. The maximum Gasteiger partial charge on any atom is 0.237 e. The van der Waals surface area contributed by atoms with Crippen LogP contribution in [0.25, 0.3) is 0 Å². The summed E-state index contributed by atoms with van der Waals surface area (Å²) in [6.45, 7) is 1.02. The second-order valence-corrected chi connectivity index (χ2v) is 8.53. The van der Waals surface area contributed by atoms with Crippen molar-refractivity contribution in [1.82, 2.24) is 10.2 Å². The predicted molar refractivity (Wildman–Crippen MR) is 85.3 cm³/mol. The number of likely N-dealkylation sites (tertiary alicyclic amines) is 1. The van der Waals surface area contributed by atoms with Crippen LogP contribution in [0.15, 0.2) is 0 Å². The lowest BCUT2D eigenvalue weighted by Gasteiger charge is -2.50. The average Bonchev–Trinajstić information content (AvgIpc) is 2.90. The van der Waals surface area contributed by atoms with E-state index in [1.165, 1.54) is 12.8 Å². The molecule has 2 N–H and O–H groups in total. The lowest BCUT2D eigenvalue weighted by atomic mass is 9.62. The van der Waals surface area contributed by atoms with E-state index in [0.29, 0.717) is 24.9 Å². The van der Waals surface area contributed by atoms with E-state index in [4.69, 9.17) is 5.26 Å². The van der Waals surface area contributed by atoms with Crippen LogP contribution in [0, 0.1) is 23.2 Å². The number of aliphatic hydroxyl groups is 1. The Morgan fingerprint density at radius 3 is 2.91 bits per heavy atom. The molecule has 5 rings (SSSR count). The van der Waals surface area contributed by atoms with Crippen molar-refractivity contribution in [2.45, 2.75) is 75.0 Å². The van der Waals surface area contributed by atoms with Crippen molar-refractivity contribution in [3.8, 4) is 6.07 Å². The van der Waals surface area contributed by atoms with Crippen molar-refractivity contribution in [1.29, 1.82) is 5.26 Å². The number of nitriles is 1. The highest BCUT2D eigenvalue weighted by Gasteiger charge is 2.54. The van der Waals surface area contributed by atoms with Crippen LogP contribution in [0.1, 0.15) is 57.8 Å². The maximum absolute atomic E-state index is 12.5. The largest absolute Gasteiger partial charge is 0.390 e. The molecule has 1 amide bonds. The minimum Gasteiger partial charge on any atom is -0.390 e. The second kappa shape index (κ2) is 5.46. The molecule has 0 spiro atoms. The van der Waals surface area contributed by atoms with Crippen LogP contribution in [0.2, 0.25) is 0 Å². The van der Waals surface area contributed by atoms with E-state index in [2.05, 4.69) is 11.4 Å². The molecule has 5 nitrogen and oxygen atoms in total. The molecular weight excluding hydrogens is 290 g/mol. The summed E-state index contributed by atoms with van der Waals surface area (Å²) in [6, 6.07) is 2.00. The van der Waals surface area contributed by atoms with Gasteiger partial charge in [-0.25, -0.2) is 0 Å². The molecule has 126 valence electrons. The van der Waals surface area contributed by atoms with Crippen LogP contribution in [0.5, 0.6) is 0 Å². The SMILES string of the molecule is N#C[C@@H]1CCCN1C(=O)CNC12CCC3CC(CC(O)(C3)C1)C2. The molecule has 0 aromatic carbocycles. The van der Waals surface area contributed by atoms with Crippen molar-refractivity contribution >= 4 is 5.91 Å². The van der Waals surface area contributed by atoms with Gasteiger partial charge in [-0.2, -0.15) is 5.26 Å². The van der Waals surface area contributed by atoms with Crippen LogP contribution >= 0.6 is 0 Å². The van der Waals surface area contributed by atoms with E-state index in [1.807, 2.05) is 0 Å². The number of amides is 1. The Morgan fingerprint density at radius 1 is 1.30 bits per heavy atom. The van der Waals surface area contributed by atoms with E-state index in [0.717, 1.165) is 44.9 Å². The molecule has 1 aliphatic heterocycles. The van der Waals surface area contributed by atoms with Gasteiger partial charge >= 0.3 is 0 Å². The monoisotopic (exact) mass is 317 g/mol. The van der Waals surface area contributed by atoms with E-state index in [1.54, 1.807) is 4.90 Å². The zero-order valence-corrected chi connectivity index (χ0v) is 13.8. The van der Waals surface area contributed by atoms with Gasteiger partial charge in [0.1, 0.15) is 6.04 Å². The summed E-state index contributed by atoms with van der Waals surface area (Å²) in [6.07, 6.45) is 9.02. The number of nitrogens with zero attached hydrogens (tertiary/aromatic N) is 2. The molecular formula is C18H27N3O2. The molecule has 4 unspecified atom stereocenters. The molecule has 23 heavy (non-hydrogen) atoms. The first-order valence-electron chi connectivity index (χ1n) is 9.17. The molecule has 1 heterocycles. The Morgan fingerprint density at radius 2 is 2.13 bits per heavy atom. The molecule has 5 atom stereocenters. The molecule has 5 heteroatoms. The van der Waals surface area contributed by atoms with Gasteiger partial charge in [-0.05, 0) is 69.6 Å². The highest BCUT2D eigenvalue weighted by Crippen LogP contribution is 2.54. The van der Waals surface area contributed by atoms with Gasteiger partial charge in [-0.15, -0.1) is 0 Å². The van der Waals surface area contributed by atoms with Crippen molar-refractivity contribution in [3.05, 3.63) is 0 Å². The highest BCUT2D eigenvalue weighted by molar-refractivity contribution is 5.79. The predicted octanol–water partition coefficient (Wildman–Crippen LogP) is 1.56. The van der Waals surface area contributed by atoms with Crippen molar-refractivity contribution in [3.63, 3.8) is 0 Å². The van der Waals surface area contributed by atoms with Crippen LogP contribution < -0.4 is 5.32 Å². The molecule has 4 bridgehead atoms. The molecule has 4 saturated carbocycles. The van der Waals surface area contributed by atoms with Gasteiger partial charge in [0, 0.05) is 12.1 Å². The summed E-state index contributed by atoms with van der Waals surface area (Å²) in [5, 5.41) is 23.6. The van der Waals surface area contributed by atoms with Gasteiger partial charge in [0.2, 0.25) is 5.91 Å². The van der Waals surface area contributed by atoms with Crippen molar-refractivity contribution in [2.24, 2.45) is 11.8 Å². The first-order valence-corrected chi connectivity index (χ1v) is 9.17. The van der Waals surface area contributed by atoms with E-state index in [9.17, 15) is 9.90 Å². The van der Waals surface area contributed by atoms with Crippen molar-refractivity contribution in [2.75, 3.05) is 13.1 Å². The fraction of sp³-hybridized carbons (Fsp3) is 0.889. The molecule has 5 fully saturated rings. The van der Waals surface area contributed by atoms with Gasteiger partial charge < -0.3 is 15.3 Å². The number of fused-ring (bicyclic) bond motifs is 1. The molecule has 0 aromatic heterocycles. The number of rotatable bonds is 3. The Kier molecular flexibility index (Phi) is 3.66. The lowest BCUT2D eigenvalue weighted by molar-refractivity contribution is -0.131. The Bertz CT molecular complexity index is 545. The zero-order valence-electron chi connectivity index (χ0n) is 13.8. The zero-order chi connectivity index (χ0) is 16.1. The van der Waals surface area contributed by atoms with Gasteiger partial charge in [0.15, 0.2) is 0 Å². The smallest absolute Gasteiger partial charge is 0.237 e. The normalized spacial score (nSPS) is 45.0. The average molecular weight is 317 g/mol. The van der Waals surface area contributed by atoms with E-state index < -0.39 is 5.60 Å². The minimum atomic E-state index is -0.513. The van der Waals surface area contributed by atoms with Crippen LogP contribution in [0.4, 0.5) is 0 Å². The van der Waals surface area contributed by atoms with Crippen LogP contribution in [-0.4, -0.2) is 46.2 Å². The van der Waals surface area contributed by atoms with E-state index in [-0.39, 0.29) is 17.5 Å². The summed E-state index contributed by atoms with van der Waals surface area (Å²) < 4.78 is 0. The fourth-order valence-corrected chi connectivity index (χ4v) is 6.03. The Hall–Kier alpha value is -1.12. The highest BCUT2D eigenvalue weighted by atomic mass is 16.3. The molecule has 5 aliphatic rings. The molecule has 0 aromatic rings. The summed E-state index contributed by atoms with van der Waals surface area (Å²) >= 11 is 0. The third kappa shape index (κ3) is 2.77. The Balaban J connectivity index is 1.44.